The lowest BCUT2D eigenvalue weighted by Crippen LogP contribution is -2.44. The van der Waals surface area contributed by atoms with Crippen LogP contribution in [0.5, 0.6) is 11.8 Å². The summed E-state index contributed by atoms with van der Waals surface area (Å²) >= 11 is 0. The van der Waals surface area contributed by atoms with Crippen LogP contribution in [0.25, 0.3) is 10.8 Å². The number of rotatable bonds is 5. The number of hydrogen-bond donors (Lipinski definition) is 2. The minimum absolute atomic E-state index is 0.0192. The van der Waals surface area contributed by atoms with E-state index in [0.717, 1.165) is 75.1 Å². The maximum Gasteiger partial charge on any atom is 0.318 e. The van der Waals surface area contributed by atoms with Gasteiger partial charge in [0.05, 0.1) is 23.5 Å². The fourth-order valence-corrected chi connectivity index (χ4v) is 8.34. The van der Waals surface area contributed by atoms with Crippen LogP contribution in [0.4, 0.5) is 20.3 Å². The first kappa shape index (κ1) is 26.4. The van der Waals surface area contributed by atoms with Gasteiger partial charge in [-0.25, -0.2) is 8.78 Å². The lowest BCUT2D eigenvalue weighted by molar-refractivity contribution is 0.107. The quantitative estimate of drug-likeness (QED) is 0.464. The Morgan fingerprint density at radius 3 is 2.76 bits per heavy atom. The van der Waals surface area contributed by atoms with E-state index in [1.54, 1.807) is 0 Å². The van der Waals surface area contributed by atoms with Gasteiger partial charge in [0.2, 0.25) is 0 Å². The van der Waals surface area contributed by atoms with Gasteiger partial charge in [-0.1, -0.05) is 6.07 Å². The highest BCUT2D eigenvalue weighted by Gasteiger charge is 2.45. The van der Waals surface area contributed by atoms with Gasteiger partial charge in [0.25, 0.3) is 0 Å². The van der Waals surface area contributed by atoms with Crippen LogP contribution in [-0.4, -0.2) is 77.4 Å². The number of fused-ring (bicyclic) bond motifs is 5. The number of anilines is 2. The molecule has 2 aromatic carbocycles. The first-order valence-corrected chi connectivity index (χ1v) is 15.6. The summed E-state index contributed by atoms with van der Waals surface area (Å²) in [4.78, 5) is 17.0. The summed E-state index contributed by atoms with van der Waals surface area (Å²) in [6, 6.07) is 6.47. The van der Waals surface area contributed by atoms with E-state index in [0.29, 0.717) is 55.2 Å². The molecule has 0 aliphatic carbocycles. The number of nitrogens with zero attached hydrogens (tertiary/aromatic N) is 5. The SMILES string of the molecule is Oc1cc(N2CCc3c(nc(OCC45CCCN4CCC5)nc3N3CCC4CNC(C4)C3)C2)c2c(F)c(F)ccc2c1. The molecule has 5 aliphatic rings. The van der Waals surface area contributed by atoms with Crippen LogP contribution in [-0.2, 0) is 13.0 Å². The van der Waals surface area contributed by atoms with E-state index in [2.05, 4.69) is 15.1 Å². The smallest absolute Gasteiger partial charge is 0.318 e. The summed E-state index contributed by atoms with van der Waals surface area (Å²) in [5, 5.41) is 14.8. The van der Waals surface area contributed by atoms with E-state index in [9.17, 15) is 9.50 Å². The molecule has 2 atom stereocenters. The average molecular weight is 577 g/mol. The Bertz CT molecular complexity index is 1520. The zero-order chi connectivity index (χ0) is 28.4. The second kappa shape index (κ2) is 10.2. The molecule has 5 aliphatic heterocycles. The van der Waals surface area contributed by atoms with Crippen molar-refractivity contribution in [1.82, 2.24) is 20.2 Å². The highest BCUT2D eigenvalue weighted by Crippen LogP contribution is 2.41. The summed E-state index contributed by atoms with van der Waals surface area (Å²) in [6.07, 6.45) is 7.68. The van der Waals surface area contributed by atoms with Crippen molar-refractivity contribution in [3.05, 3.63) is 47.2 Å². The molecule has 10 heteroatoms. The zero-order valence-corrected chi connectivity index (χ0v) is 23.9. The molecule has 42 heavy (non-hydrogen) atoms. The van der Waals surface area contributed by atoms with Gasteiger partial charge >= 0.3 is 6.01 Å². The highest BCUT2D eigenvalue weighted by molar-refractivity contribution is 5.96. The fraction of sp³-hybridized carbons (Fsp3) is 0.562. The van der Waals surface area contributed by atoms with E-state index in [4.69, 9.17) is 14.7 Å². The van der Waals surface area contributed by atoms with Crippen molar-refractivity contribution < 1.29 is 18.6 Å². The van der Waals surface area contributed by atoms with Gasteiger partial charge in [0.1, 0.15) is 18.2 Å². The Balaban J connectivity index is 1.16. The summed E-state index contributed by atoms with van der Waals surface area (Å²) in [5.74, 6) is -0.124. The molecule has 2 N–H and O–H groups in total. The predicted octanol–water partition coefficient (Wildman–Crippen LogP) is 4.37. The molecule has 3 aromatic rings. The molecule has 4 saturated heterocycles. The van der Waals surface area contributed by atoms with Gasteiger partial charge in [-0.15, -0.1) is 0 Å². The minimum Gasteiger partial charge on any atom is -0.508 e. The summed E-state index contributed by atoms with van der Waals surface area (Å²) in [7, 11) is 0. The van der Waals surface area contributed by atoms with Gasteiger partial charge in [-0.3, -0.25) is 4.90 Å². The predicted molar refractivity (Wildman–Crippen MR) is 157 cm³/mol. The molecule has 0 amide bonds. The number of aromatic nitrogens is 2. The van der Waals surface area contributed by atoms with Crippen LogP contribution in [0.3, 0.4) is 0 Å². The number of nitrogens with one attached hydrogen (secondary N) is 1. The maximum absolute atomic E-state index is 15.1. The second-order valence-corrected chi connectivity index (χ2v) is 13.0. The summed E-state index contributed by atoms with van der Waals surface area (Å²) in [6.45, 7) is 6.77. The van der Waals surface area contributed by atoms with Crippen LogP contribution in [0.1, 0.15) is 49.8 Å². The van der Waals surface area contributed by atoms with Crippen molar-refractivity contribution in [3.63, 3.8) is 0 Å². The summed E-state index contributed by atoms with van der Waals surface area (Å²) in [5.41, 5.74) is 2.51. The third kappa shape index (κ3) is 4.45. The van der Waals surface area contributed by atoms with Gasteiger partial charge in [-0.2, -0.15) is 9.97 Å². The molecule has 0 radical (unpaired) electrons. The number of hydrogen-bond acceptors (Lipinski definition) is 8. The first-order valence-electron chi connectivity index (χ1n) is 15.6. The van der Waals surface area contributed by atoms with Gasteiger partial charge in [0.15, 0.2) is 11.6 Å². The Kier molecular flexibility index (Phi) is 6.40. The Morgan fingerprint density at radius 1 is 1.05 bits per heavy atom. The molecular formula is C32H38F2N6O2. The number of phenolic OH excluding ortho intramolecular Hbond substituents is 1. The summed E-state index contributed by atoms with van der Waals surface area (Å²) < 4.78 is 36.0. The minimum atomic E-state index is -0.900. The number of phenols is 1. The van der Waals surface area contributed by atoms with Gasteiger partial charge < -0.3 is 25.0 Å². The average Bonchev–Trinajstić information content (AvgIpc) is 3.66. The Hall–Kier alpha value is -3.24. The van der Waals surface area contributed by atoms with E-state index in [1.165, 1.54) is 37.5 Å². The third-order valence-corrected chi connectivity index (χ3v) is 10.5. The zero-order valence-electron chi connectivity index (χ0n) is 23.9. The Morgan fingerprint density at radius 2 is 1.90 bits per heavy atom. The monoisotopic (exact) mass is 576 g/mol. The number of benzene rings is 2. The van der Waals surface area contributed by atoms with E-state index in [1.807, 2.05) is 4.90 Å². The molecule has 2 bridgehead atoms. The topological polar surface area (TPSA) is 77.0 Å². The standard InChI is InChI=1S/C32H38F2N6O2/c33-25-4-3-21-14-23(41)15-27(28(21)29(25)34)38-12-6-24-26(18-38)36-31(42-19-32-7-1-9-40(32)10-2-8-32)37-30(24)39-11-5-20-13-22(17-39)35-16-20/h3-4,14-15,20,22,35,41H,1-2,5-13,16-19H2. The molecule has 222 valence electrons. The molecule has 1 aromatic heterocycles. The molecule has 0 saturated carbocycles. The van der Waals surface area contributed by atoms with E-state index in [-0.39, 0.29) is 16.7 Å². The van der Waals surface area contributed by atoms with Crippen LogP contribution in [0.15, 0.2) is 24.3 Å². The molecule has 6 heterocycles. The third-order valence-electron chi connectivity index (χ3n) is 10.5. The maximum atomic E-state index is 15.1. The molecule has 0 spiro atoms. The van der Waals surface area contributed by atoms with Crippen molar-refractivity contribution in [2.45, 2.75) is 63.1 Å². The number of aromatic hydroxyl groups is 1. The van der Waals surface area contributed by atoms with Crippen LogP contribution in [0, 0.1) is 17.6 Å². The van der Waals surface area contributed by atoms with Crippen LogP contribution < -0.4 is 19.9 Å². The molecule has 8 nitrogen and oxygen atoms in total. The molecule has 4 fully saturated rings. The van der Waals surface area contributed by atoms with Crippen molar-refractivity contribution in [2.75, 3.05) is 55.7 Å². The van der Waals surface area contributed by atoms with Crippen molar-refractivity contribution in [1.29, 1.82) is 0 Å². The Labute approximate surface area is 244 Å². The van der Waals surface area contributed by atoms with Crippen molar-refractivity contribution >= 4 is 22.3 Å². The number of halogens is 2. The normalized spacial score (nSPS) is 25.1. The van der Waals surface area contributed by atoms with Crippen LogP contribution in [0.2, 0.25) is 0 Å². The first-order chi connectivity index (χ1) is 20.5. The molecule has 8 rings (SSSR count). The van der Waals surface area contributed by atoms with E-state index >= 15 is 4.39 Å². The van der Waals surface area contributed by atoms with Crippen molar-refractivity contribution in [2.24, 2.45) is 5.92 Å². The lowest BCUT2D eigenvalue weighted by Gasteiger charge is -2.35. The van der Waals surface area contributed by atoms with E-state index < -0.39 is 11.6 Å². The molecule has 2 unspecified atom stereocenters. The van der Waals surface area contributed by atoms with Gasteiger partial charge in [0, 0.05) is 42.7 Å². The van der Waals surface area contributed by atoms with Crippen LogP contribution >= 0.6 is 0 Å². The van der Waals surface area contributed by atoms with Gasteiger partial charge in [-0.05, 0) is 88.0 Å². The highest BCUT2D eigenvalue weighted by atomic mass is 19.2. The molecular weight excluding hydrogens is 538 g/mol. The second-order valence-electron chi connectivity index (χ2n) is 13.0. The number of ether oxygens (including phenoxy) is 1. The lowest BCUT2D eigenvalue weighted by atomic mass is 9.95. The van der Waals surface area contributed by atoms with Crippen molar-refractivity contribution in [3.8, 4) is 11.8 Å². The fourth-order valence-electron chi connectivity index (χ4n) is 8.34. The largest absolute Gasteiger partial charge is 0.508 e.